The van der Waals surface area contributed by atoms with E-state index < -0.39 is 10.1 Å². The highest BCUT2D eigenvalue weighted by Crippen LogP contribution is 2.53. The van der Waals surface area contributed by atoms with Crippen molar-refractivity contribution in [3.05, 3.63) is 65.2 Å². The molecule has 2 aromatic carbocycles. The van der Waals surface area contributed by atoms with Crippen molar-refractivity contribution in [1.82, 2.24) is 0 Å². The van der Waals surface area contributed by atoms with Crippen molar-refractivity contribution in [2.24, 2.45) is 5.92 Å². The number of benzene rings is 2. The van der Waals surface area contributed by atoms with Gasteiger partial charge in [0.2, 0.25) is 0 Å². The van der Waals surface area contributed by atoms with Crippen LogP contribution in [0.1, 0.15) is 48.8 Å². The first kappa shape index (κ1) is 17.7. The molecule has 0 amide bonds. The molecule has 26 heavy (non-hydrogen) atoms. The molecule has 2 aliphatic carbocycles. The van der Waals surface area contributed by atoms with Gasteiger partial charge in [-0.25, -0.2) is 0 Å². The third kappa shape index (κ3) is 3.10. The third-order valence-electron chi connectivity index (χ3n) is 6.32. The van der Waals surface area contributed by atoms with Crippen LogP contribution in [0.25, 0.3) is 0 Å². The molecular weight excluding hydrogens is 344 g/mol. The molecule has 0 heterocycles. The van der Waals surface area contributed by atoms with Gasteiger partial charge >= 0.3 is 0 Å². The van der Waals surface area contributed by atoms with E-state index in [0.717, 1.165) is 24.8 Å². The summed E-state index contributed by atoms with van der Waals surface area (Å²) < 4.78 is 30.4. The number of hydrogen-bond acceptors (Lipinski definition) is 3. The monoisotopic (exact) mass is 370 g/mol. The lowest BCUT2D eigenvalue weighted by atomic mass is 9.64. The van der Waals surface area contributed by atoms with Crippen LogP contribution in [-0.2, 0) is 26.1 Å². The molecule has 1 saturated carbocycles. The lowest BCUT2D eigenvalue weighted by molar-refractivity contribution is 0.159. The SMILES string of the molecule is Cc1ccc(S(=O)(=O)OCC[C@@]23CCCC[C@@H]2Cc2ccccc23)cc1. The largest absolute Gasteiger partial charge is 0.296 e. The van der Waals surface area contributed by atoms with Crippen LogP contribution < -0.4 is 0 Å². The molecule has 0 N–H and O–H groups in total. The number of fused-ring (bicyclic) bond motifs is 3. The van der Waals surface area contributed by atoms with Gasteiger partial charge in [0.15, 0.2) is 0 Å². The summed E-state index contributed by atoms with van der Waals surface area (Å²) in [7, 11) is -3.69. The zero-order valence-electron chi connectivity index (χ0n) is 15.3. The van der Waals surface area contributed by atoms with Crippen LogP contribution in [0, 0.1) is 12.8 Å². The fourth-order valence-electron chi connectivity index (χ4n) is 4.98. The fraction of sp³-hybridized carbons (Fsp3) is 0.455. The summed E-state index contributed by atoms with van der Waals surface area (Å²) in [6, 6.07) is 15.6. The minimum atomic E-state index is -3.69. The Morgan fingerprint density at radius 3 is 2.65 bits per heavy atom. The molecule has 3 nitrogen and oxygen atoms in total. The number of rotatable bonds is 5. The van der Waals surface area contributed by atoms with Crippen molar-refractivity contribution in [3.63, 3.8) is 0 Å². The summed E-state index contributed by atoms with van der Waals surface area (Å²) >= 11 is 0. The number of aryl methyl sites for hydroxylation is 1. The van der Waals surface area contributed by atoms with Crippen LogP contribution in [0.2, 0.25) is 0 Å². The molecule has 0 spiro atoms. The van der Waals surface area contributed by atoms with E-state index in [1.807, 2.05) is 6.92 Å². The van der Waals surface area contributed by atoms with Crippen molar-refractivity contribution in [2.75, 3.05) is 6.61 Å². The van der Waals surface area contributed by atoms with Crippen LogP contribution in [-0.4, -0.2) is 15.0 Å². The first-order valence-corrected chi connectivity index (χ1v) is 11.0. The van der Waals surface area contributed by atoms with Crippen molar-refractivity contribution >= 4 is 10.1 Å². The van der Waals surface area contributed by atoms with Gasteiger partial charge in [0, 0.05) is 5.41 Å². The van der Waals surface area contributed by atoms with Crippen molar-refractivity contribution in [1.29, 1.82) is 0 Å². The predicted molar refractivity (Wildman–Crippen MR) is 103 cm³/mol. The Labute approximate surface area is 156 Å². The van der Waals surface area contributed by atoms with E-state index in [0.29, 0.717) is 5.92 Å². The lowest BCUT2D eigenvalue weighted by Crippen LogP contribution is -2.36. The molecule has 0 radical (unpaired) electrons. The molecule has 0 unspecified atom stereocenters. The van der Waals surface area contributed by atoms with Crippen LogP contribution in [0.4, 0.5) is 0 Å². The molecule has 4 heteroatoms. The number of hydrogen-bond donors (Lipinski definition) is 0. The van der Waals surface area contributed by atoms with E-state index >= 15 is 0 Å². The van der Waals surface area contributed by atoms with Crippen LogP contribution >= 0.6 is 0 Å². The summed E-state index contributed by atoms with van der Waals surface area (Å²) in [6.45, 7) is 2.19. The second kappa shape index (κ2) is 6.82. The van der Waals surface area contributed by atoms with Crippen LogP contribution in [0.3, 0.4) is 0 Å². The fourth-order valence-corrected chi connectivity index (χ4v) is 5.89. The second-order valence-electron chi connectivity index (χ2n) is 7.80. The van der Waals surface area contributed by atoms with Crippen molar-refractivity contribution < 1.29 is 12.6 Å². The van der Waals surface area contributed by atoms with Gasteiger partial charge in [-0.1, -0.05) is 54.8 Å². The van der Waals surface area contributed by atoms with Crippen LogP contribution in [0.5, 0.6) is 0 Å². The van der Waals surface area contributed by atoms with E-state index in [4.69, 9.17) is 4.18 Å². The molecule has 2 atom stereocenters. The van der Waals surface area contributed by atoms with E-state index in [1.54, 1.807) is 24.3 Å². The zero-order valence-corrected chi connectivity index (χ0v) is 16.1. The molecule has 0 bridgehead atoms. The maximum atomic E-state index is 12.5. The standard InChI is InChI=1S/C22H26O3S/c1-17-9-11-20(12-10-17)26(23,24)25-15-14-22-13-5-4-7-19(22)16-18-6-2-3-8-21(18)22/h2-3,6,8-12,19H,4-5,7,13-16H2,1H3/t19-,22+/m1/s1. The smallest absolute Gasteiger partial charge is 0.266 e. The molecule has 0 aliphatic heterocycles. The van der Waals surface area contributed by atoms with E-state index in [-0.39, 0.29) is 16.9 Å². The maximum absolute atomic E-state index is 12.5. The molecule has 4 rings (SSSR count). The van der Waals surface area contributed by atoms with Gasteiger partial charge in [-0.05, 0) is 61.8 Å². The molecule has 0 saturated heterocycles. The Hall–Kier alpha value is -1.65. The maximum Gasteiger partial charge on any atom is 0.296 e. The molecule has 138 valence electrons. The minimum absolute atomic E-state index is 0.0949. The molecule has 2 aliphatic rings. The zero-order chi connectivity index (χ0) is 18.2. The van der Waals surface area contributed by atoms with Gasteiger partial charge in [0.25, 0.3) is 10.1 Å². The van der Waals surface area contributed by atoms with Gasteiger partial charge in [-0.2, -0.15) is 8.42 Å². The normalized spacial score (nSPS) is 24.9. The highest BCUT2D eigenvalue weighted by Gasteiger charge is 2.47. The average Bonchev–Trinajstić information content (AvgIpc) is 2.96. The Morgan fingerprint density at radius 2 is 1.85 bits per heavy atom. The highest BCUT2D eigenvalue weighted by atomic mass is 32.2. The Bertz CT molecular complexity index is 886. The molecule has 0 aromatic heterocycles. The molecular formula is C22H26O3S. The summed E-state index contributed by atoms with van der Waals surface area (Å²) in [5.41, 5.74) is 4.01. The first-order valence-electron chi connectivity index (χ1n) is 9.56. The van der Waals surface area contributed by atoms with Crippen molar-refractivity contribution in [3.8, 4) is 0 Å². The van der Waals surface area contributed by atoms with Crippen LogP contribution in [0.15, 0.2) is 53.4 Å². The van der Waals surface area contributed by atoms with E-state index in [2.05, 4.69) is 24.3 Å². The Kier molecular flexibility index (Phi) is 4.66. The summed E-state index contributed by atoms with van der Waals surface area (Å²) in [5.74, 6) is 0.624. The van der Waals surface area contributed by atoms with Gasteiger partial charge in [-0.15, -0.1) is 0 Å². The van der Waals surface area contributed by atoms with Gasteiger partial charge < -0.3 is 0 Å². The summed E-state index contributed by atoms with van der Waals surface area (Å²) in [5, 5.41) is 0. The van der Waals surface area contributed by atoms with E-state index in [9.17, 15) is 8.42 Å². The molecule has 2 aromatic rings. The second-order valence-corrected chi connectivity index (χ2v) is 9.41. The summed E-state index contributed by atoms with van der Waals surface area (Å²) in [6.07, 6.45) is 6.78. The van der Waals surface area contributed by atoms with Crippen molar-refractivity contribution in [2.45, 2.75) is 55.8 Å². The predicted octanol–water partition coefficient (Wildman–Crippen LogP) is 4.77. The highest BCUT2D eigenvalue weighted by molar-refractivity contribution is 7.86. The third-order valence-corrected chi connectivity index (χ3v) is 7.65. The van der Waals surface area contributed by atoms with Gasteiger partial charge in [0.05, 0.1) is 11.5 Å². The van der Waals surface area contributed by atoms with Gasteiger partial charge in [-0.3, -0.25) is 4.18 Å². The van der Waals surface area contributed by atoms with E-state index in [1.165, 1.54) is 30.4 Å². The topological polar surface area (TPSA) is 43.4 Å². The first-order chi connectivity index (χ1) is 12.5. The quantitative estimate of drug-likeness (QED) is 0.712. The summed E-state index contributed by atoms with van der Waals surface area (Å²) in [4.78, 5) is 0.243. The Morgan fingerprint density at radius 1 is 1.08 bits per heavy atom. The molecule has 1 fully saturated rings. The average molecular weight is 371 g/mol. The lowest BCUT2D eigenvalue weighted by Gasteiger charge is -2.40. The minimum Gasteiger partial charge on any atom is -0.266 e. The van der Waals surface area contributed by atoms with Gasteiger partial charge in [0.1, 0.15) is 0 Å². The Balaban J connectivity index is 1.52.